The van der Waals surface area contributed by atoms with E-state index in [9.17, 15) is 9.59 Å². The minimum Gasteiger partial charge on any atom is -0.444 e. The second-order valence-electron chi connectivity index (χ2n) is 3.86. The van der Waals surface area contributed by atoms with E-state index in [1.165, 1.54) is 0 Å². The molecule has 1 saturated heterocycles. The molecule has 1 N–H and O–H groups in total. The molecular formula is C10H13N3O3. The normalized spacial score (nSPS) is 19.6. The summed E-state index contributed by atoms with van der Waals surface area (Å²) in [6.07, 6.45) is 1.62. The Hall–Kier alpha value is -1.69. The average molecular weight is 223 g/mol. The summed E-state index contributed by atoms with van der Waals surface area (Å²) in [6, 6.07) is -0.177. The number of amides is 2. The monoisotopic (exact) mass is 223 g/mol. The number of rotatable bonds is 2. The highest BCUT2D eigenvalue weighted by atomic mass is 16.4. The number of nitrogens with one attached hydrogen (secondary N) is 1. The quantitative estimate of drug-likeness (QED) is 0.714. The van der Waals surface area contributed by atoms with Crippen molar-refractivity contribution in [2.45, 2.75) is 19.9 Å². The van der Waals surface area contributed by atoms with Crippen LogP contribution in [0.25, 0.3) is 0 Å². The lowest BCUT2D eigenvalue weighted by molar-refractivity contribution is -0.137. The molecule has 1 fully saturated rings. The minimum absolute atomic E-state index is 0.177. The van der Waals surface area contributed by atoms with Crippen LogP contribution in [0.5, 0.6) is 0 Å². The fourth-order valence-corrected chi connectivity index (χ4v) is 1.65. The van der Waals surface area contributed by atoms with Crippen molar-refractivity contribution >= 4 is 11.8 Å². The van der Waals surface area contributed by atoms with Crippen molar-refractivity contribution in [1.82, 2.24) is 15.2 Å². The highest BCUT2D eigenvalue weighted by molar-refractivity contribution is 5.99. The molecule has 1 unspecified atom stereocenters. The lowest BCUT2D eigenvalue weighted by Gasteiger charge is -2.28. The third-order valence-electron chi connectivity index (χ3n) is 2.52. The van der Waals surface area contributed by atoms with Gasteiger partial charge in [-0.15, -0.1) is 0 Å². The van der Waals surface area contributed by atoms with Crippen LogP contribution in [0.2, 0.25) is 0 Å². The van der Waals surface area contributed by atoms with Crippen LogP contribution in [0, 0.1) is 6.92 Å². The summed E-state index contributed by atoms with van der Waals surface area (Å²) in [5.74, 6) is 0.674. The molecule has 2 heterocycles. The second-order valence-corrected chi connectivity index (χ2v) is 3.86. The molecule has 0 saturated carbocycles. The summed E-state index contributed by atoms with van der Waals surface area (Å²) in [7, 11) is 0. The molecular weight excluding hydrogens is 210 g/mol. The van der Waals surface area contributed by atoms with Gasteiger partial charge in [-0.2, -0.15) is 0 Å². The van der Waals surface area contributed by atoms with E-state index >= 15 is 0 Å². The van der Waals surface area contributed by atoms with Gasteiger partial charge in [0.15, 0.2) is 0 Å². The Kier molecular flexibility index (Phi) is 2.74. The number of carbonyl (C=O) groups excluding carboxylic acids is 2. The first kappa shape index (κ1) is 10.8. The molecule has 1 aromatic heterocycles. The number of aryl methyl sites for hydroxylation is 1. The van der Waals surface area contributed by atoms with Crippen molar-refractivity contribution in [1.29, 1.82) is 0 Å². The molecule has 0 radical (unpaired) electrons. The Morgan fingerprint density at radius 3 is 2.56 bits per heavy atom. The molecule has 6 nitrogen and oxygen atoms in total. The molecule has 16 heavy (non-hydrogen) atoms. The number of hydrogen-bond acceptors (Lipinski definition) is 5. The third-order valence-corrected chi connectivity index (χ3v) is 2.52. The highest BCUT2D eigenvalue weighted by Crippen LogP contribution is 2.20. The van der Waals surface area contributed by atoms with Crippen molar-refractivity contribution < 1.29 is 14.0 Å². The predicted molar refractivity (Wildman–Crippen MR) is 54.4 cm³/mol. The summed E-state index contributed by atoms with van der Waals surface area (Å²) in [6.45, 7) is 4.04. The van der Waals surface area contributed by atoms with Crippen LogP contribution in [-0.4, -0.2) is 34.8 Å². The van der Waals surface area contributed by atoms with Gasteiger partial charge >= 0.3 is 0 Å². The average Bonchev–Trinajstić information content (AvgIpc) is 2.62. The molecule has 86 valence electrons. The zero-order chi connectivity index (χ0) is 11.7. The molecule has 0 bridgehead atoms. The van der Waals surface area contributed by atoms with Crippen molar-refractivity contribution in [2.24, 2.45) is 0 Å². The largest absolute Gasteiger partial charge is 0.444 e. The number of nitrogens with zero attached hydrogens (tertiary/aromatic N) is 2. The first-order valence-electron chi connectivity index (χ1n) is 5.05. The summed E-state index contributed by atoms with van der Waals surface area (Å²) in [4.78, 5) is 28.2. The smallest absolute Gasteiger partial charge is 0.240 e. The van der Waals surface area contributed by atoms with E-state index in [4.69, 9.17) is 4.42 Å². The van der Waals surface area contributed by atoms with Gasteiger partial charge in [-0.25, -0.2) is 4.98 Å². The van der Waals surface area contributed by atoms with Crippen LogP contribution < -0.4 is 5.32 Å². The zero-order valence-electron chi connectivity index (χ0n) is 9.19. The number of hydrogen-bond donors (Lipinski definition) is 1. The van der Waals surface area contributed by atoms with Crippen molar-refractivity contribution in [3.63, 3.8) is 0 Å². The lowest BCUT2D eigenvalue weighted by Crippen LogP contribution is -2.51. The van der Waals surface area contributed by atoms with Crippen molar-refractivity contribution in [3.05, 3.63) is 17.8 Å². The number of carbonyl (C=O) groups is 2. The Morgan fingerprint density at radius 1 is 1.44 bits per heavy atom. The molecule has 6 heteroatoms. The number of aromatic nitrogens is 1. The fraction of sp³-hybridized carbons (Fsp3) is 0.500. The molecule has 1 aliphatic rings. The Balaban J connectivity index is 2.12. The van der Waals surface area contributed by atoms with Crippen molar-refractivity contribution in [3.8, 4) is 0 Å². The SMILES string of the molecule is Cc1cnc(C(C)N2CC(=O)NC(=O)C2)o1. The maximum atomic E-state index is 11.2. The van der Waals surface area contributed by atoms with E-state index in [2.05, 4.69) is 10.3 Å². The molecule has 1 atom stereocenters. The maximum absolute atomic E-state index is 11.2. The molecule has 0 aliphatic carbocycles. The second kappa shape index (κ2) is 4.05. The topological polar surface area (TPSA) is 75.4 Å². The zero-order valence-corrected chi connectivity index (χ0v) is 9.19. The number of piperazine rings is 1. The Bertz CT molecular complexity index is 411. The molecule has 1 aliphatic heterocycles. The van der Waals surface area contributed by atoms with Crippen molar-refractivity contribution in [2.75, 3.05) is 13.1 Å². The van der Waals surface area contributed by atoms with Gasteiger partial charge in [-0.3, -0.25) is 19.8 Å². The van der Waals surface area contributed by atoms with E-state index in [1.54, 1.807) is 18.0 Å². The summed E-state index contributed by atoms with van der Waals surface area (Å²) in [5, 5.41) is 2.25. The third kappa shape index (κ3) is 2.11. The van der Waals surface area contributed by atoms with E-state index in [-0.39, 0.29) is 30.9 Å². The van der Waals surface area contributed by atoms with Gasteiger partial charge in [0, 0.05) is 0 Å². The molecule has 1 aromatic rings. The van der Waals surface area contributed by atoms with Gasteiger partial charge in [0.1, 0.15) is 5.76 Å². The van der Waals surface area contributed by atoms with Crippen LogP contribution in [0.1, 0.15) is 24.6 Å². The van der Waals surface area contributed by atoms with Crippen LogP contribution in [0.3, 0.4) is 0 Å². The lowest BCUT2D eigenvalue weighted by atomic mass is 10.2. The summed E-state index contributed by atoms with van der Waals surface area (Å²) in [5.41, 5.74) is 0. The van der Waals surface area contributed by atoms with E-state index in [0.717, 1.165) is 5.76 Å². The first-order chi connectivity index (χ1) is 7.56. The first-order valence-corrected chi connectivity index (χ1v) is 5.05. The van der Waals surface area contributed by atoms with Gasteiger partial charge in [0.05, 0.1) is 25.3 Å². The molecule has 0 spiro atoms. The van der Waals surface area contributed by atoms with Crippen LogP contribution >= 0.6 is 0 Å². The molecule has 0 aromatic carbocycles. The van der Waals surface area contributed by atoms with Gasteiger partial charge < -0.3 is 4.42 Å². The highest BCUT2D eigenvalue weighted by Gasteiger charge is 2.28. The van der Waals surface area contributed by atoms with Crippen LogP contribution in [0.15, 0.2) is 10.6 Å². The molecule has 2 rings (SSSR count). The Labute approximate surface area is 92.6 Å². The standard InChI is InChI=1S/C10H13N3O3/c1-6-3-11-10(16-6)7(2)13-4-8(14)12-9(15)5-13/h3,7H,4-5H2,1-2H3,(H,12,14,15). The predicted octanol–water partition coefficient (Wildman–Crippen LogP) is 0.00242. The van der Waals surface area contributed by atoms with Gasteiger partial charge in [0.25, 0.3) is 0 Å². The number of oxazole rings is 1. The van der Waals surface area contributed by atoms with E-state index in [0.29, 0.717) is 5.89 Å². The summed E-state index contributed by atoms with van der Waals surface area (Å²) >= 11 is 0. The van der Waals surface area contributed by atoms with Crippen LogP contribution in [-0.2, 0) is 9.59 Å². The maximum Gasteiger partial charge on any atom is 0.240 e. The Morgan fingerprint density at radius 2 is 2.06 bits per heavy atom. The molecule has 2 amide bonds. The number of imide groups is 1. The van der Waals surface area contributed by atoms with Crippen LogP contribution in [0.4, 0.5) is 0 Å². The van der Waals surface area contributed by atoms with Gasteiger partial charge in [0.2, 0.25) is 17.7 Å². The van der Waals surface area contributed by atoms with Gasteiger partial charge in [-0.05, 0) is 13.8 Å². The minimum atomic E-state index is -0.286. The van der Waals surface area contributed by atoms with E-state index in [1.807, 2.05) is 6.92 Å². The fourth-order valence-electron chi connectivity index (χ4n) is 1.65. The van der Waals surface area contributed by atoms with E-state index < -0.39 is 0 Å². The summed E-state index contributed by atoms with van der Waals surface area (Å²) < 4.78 is 5.37. The van der Waals surface area contributed by atoms with Gasteiger partial charge in [-0.1, -0.05) is 0 Å².